The molecule has 0 aromatic rings. The molecule has 0 amide bonds. The predicted molar refractivity (Wildman–Crippen MR) is 22.4 cm³/mol. The average Bonchev–Trinajstić information content (AvgIpc) is 0.918. The minimum atomic E-state index is 0. The van der Waals surface area contributed by atoms with Crippen molar-refractivity contribution >= 4 is 48.9 Å². The fourth-order valence-electron chi connectivity index (χ4n) is 0. The summed E-state index contributed by atoms with van der Waals surface area (Å²) in [5, 5.41) is 7.57. The Hall–Kier alpha value is 1.45. The molecule has 0 saturated heterocycles. The van der Waals surface area contributed by atoms with Crippen LogP contribution in [0.15, 0.2) is 0 Å². The molecule has 0 aliphatic carbocycles. The molecule has 3 nitrogen and oxygen atoms in total. The Labute approximate surface area is 77.4 Å². The van der Waals surface area contributed by atoms with Gasteiger partial charge >= 0.3 is 48.9 Å². The largest absolute Gasteiger partial charge is 2.00 e. The van der Waals surface area contributed by atoms with Gasteiger partial charge in [0.15, 0.2) is 0 Å². The maximum absolute atomic E-state index is 7.57. The summed E-state index contributed by atoms with van der Waals surface area (Å²) in [6.45, 7) is 1.93. The molecule has 0 unspecified atom stereocenters. The van der Waals surface area contributed by atoms with E-state index < -0.39 is 0 Å². The van der Waals surface area contributed by atoms with Crippen LogP contribution in [0.1, 0.15) is 6.92 Å². The molecule has 6 heavy (non-hydrogen) atoms. The minimum Gasteiger partial charge on any atom is -0.870 e. The molecule has 0 radical (unpaired) electrons. The first-order valence-corrected chi connectivity index (χ1v) is 1.02. The van der Waals surface area contributed by atoms with Crippen molar-refractivity contribution in [3.63, 3.8) is 0 Å². The molecule has 3 N–H and O–H groups in total. The molecule has 36 valence electrons. The zero-order valence-corrected chi connectivity index (χ0v) is 8.20. The van der Waals surface area contributed by atoms with Crippen molar-refractivity contribution < 1.29 is 16.1 Å². The summed E-state index contributed by atoms with van der Waals surface area (Å²) >= 11 is 0. The Morgan fingerprint density at radius 2 is 1.33 bits per heavy atom. The molecule has 0 fully saturated rings. The van der Waals surface area contributed by atoms with Gasteiger partial charge in [-0.2, -0.15) is 0 Å². The van der Waals surface area contributed by atoms with Gasteiger partial charge in [-0.05, 0) is 6.92 Å². The van der Waals surface area contributed by atoms with Crippen LogP contribution < -0.4 is 0 Å². The summed E-state index contributed by atoms with van der Waals surface area (Å²) in [6, 6.07) is 0. The smallest absolute Gasteiger partial charge is 0.870 e. The summed E-state index contributed by atoms with van der Waals surface area (Å²) in [5.74, 6) is 0. The van der Waals surface area contributed by atoms with Crippen molar-refractivity contribution in [1.82, 2.24) is 0 Å². The summed E-state index contributed by atoms with van der Waals surface area (Å²) in [5.41, 5.74) is 0. The van der Waals surface area contributed by atoms with Crippen molar-refractivity contribution in [3.05, 3.63) is 0 Å². The van der Waals surface area contributed by atoms with Gasteiger partial charge in [0.05, 0.1) is 0 Å². The Bertz CT molecular complexity index is 8.75. The second-order valence-corrected chi connectivity index (χ2v) is 0.316. The van der Waals surface area contributed by atoms with Crippen LogP contribution >= 0.6 is 0 Å². The van der Waals surface area contributed by atoms with E-state index in [9.17, 15) is 0 Å². The van der Waals surface area contributed by atoms with Crippen molar-refractivity contribution in [1.29, 1.82) is 0 Å². The molecule has 4 heteroatoms. The van der Waals surface area contributed by atoms with Gasteiger partial charge in [0.25, 0.3) is 0 Å². The molecule has 0 saturated carbocycles. The van der Waals surface area contributed by atoms with Gasteiger partial charge in [0.1, 0.15) is 0 Å². The van der Waals surface area contributed by atoms with Crippen LogP contribution in [0, 0.1) is 0 Å². The summed E-state index contributed by atoms with van der Waals surface area (Å²) in [7, 11) is 0. The molecular formula is C2H8BaO3. The van der Waals surface area contributed by atoms with Gasteiger partial charge in [0.2, 0.25) is 0 Å². The van der Waals surface area contributed by atoms with E-state index in [2.05, 4.69) is 0 Å². The van der Waals surface area contributed by atoms with E-state index in [4.69, 9.17) is 5.11 Å². The third kappa shape index (κ3) is 51.3. The van der Waals surface area contributed by atoms with Crippen LogP contribution in [0.4, 0.5) is 0 Å². The number of hydrogen-bond acceptors (Lipinski definition) is 3. The molecule has 0 aromatic heterocycles. The topological polar surface area (TPSA) is 80.2 Å². The SMILES string of the molecule is CCO.[Ba+2].[OH-].[OH-]. The second kappa shape index (κ2) is 31.9. The van der Waals surface area contributed by atoms with Gasteiger partial charge in [0, 0.05) is 6.61 Å². The monoisotopic (exact) mass is 218 g/mol. The van der Waals surface area contributed by atoms with Gasteiger partial charge in [-0.3, -0.25) is 0 Å². The van der Waals surface area contributed by atoms with Crippen LogP contribution in [0.25, 0.3) is 0 Å². The standard InChI is InChI=1S/C2H6O.Ba.2H2O/c1-2-3;;;/h3H,2H2,1H3;;2*1H2/q;+2;;/p-2. The maximum atomic E-state index is 7.57. The zero-order valence-electron chi connectivity index (χ0n) is 3.76. The van der Waals surface area contributed by atoms with E-state index in [1.54, 1.807) is 6.92 Å². The molecule has 0 bridgehead atoms. The average molecular weight is 217 g/mol. The van der Waals surface area contributed by atoms with Crippen molar-refractivity contribution in [2.45, 2.75) is 6.92 Å². The van der Waals surface area contributed by atoms with Crippen molar-refractivity contribution in [2.24, 2.45) is 0 Å². The summed E-state index contributed by atoms with van der Waals surface area (Å²) in [4.78, 5) is 0. The first kappa shape index (κ1) is 26.0. The van der Waals surface area contributed by atoms with E-state index in [1.165, 1.54) is 0 Å². The number of hydrogen-bond donors (Lipinski definition) is 1. The van der Waals surface area contributed by atoms with E-state index in [0.717, 1.165) is 0 Å². The molecule has 0 heterocycles. The zero-order chi connectivity index (χ0) is 2.71. The quantitative estimate of drug-likeness (QED) is 0.543. The van der Waals surface area contributed by atoms with Crippen molar-refractivity contribution in [2.75, 3.05) is 6.61 Å². The Kier molecular flexibility index (Phi) is 138. The number of rotatable bonds is 0. The van der Waals surface area contributed by atoms with Crippen LogP contribution in [0.3, 0.4) is 0 Å². The molecule has 0 aliphatic heterocycles. The molecule has 0 rings (SSSR count). The van der Waals surface area contributed by atoms with Gasteiger partial charge in [-0.1, -0.05) is 0 Å². The molecular weight excluding hydrogens is 209 g/mol. The van der Waals surface area contributed by atoms with Gasteiger partial charge in [-0.25, -0.2) is 0 Å². The molecule has 0 aliphatic rings. The Morgan fingerprint density at radius 1 is 1.33 bits per heavy atom. The van der Waals surface area contributed by atoms with E-state index in [-0.39, 0.29) is 66.4 Å². The van der Waals surface area contributed by atoms with Crippen LogP contribution in [0.2, 0.25) is 0 Å². The predicted octanol–water partition coefficient (Wildman–Crippen LogP) is -0.736. The summed E-state index contributed by atoms with van der Waals surface area (Å²) in [6.07, 6.45) is 0. The van der Waals surface area contributed by atoms with E-state index in [0.29, 0.717) is 0 Å². The molecule has 0 atom stereocenters. The van der Waals surface area contributed by atoms with Gasteiger partial charge in [-0.15, -0.1) is 0 Å². The molecule has 0 spiro atoms. The first-order chi connectivity index (χ1) is 1.41. The Morgan fingerprint density at radius 3 is 1.33 bits per heavy atom. The van der Waals surface area contributed by atoms with Crippen LogP contribution in [0.5, 0.6) is 0 Å². The molecule has 0 aromatic carbocycles. The van der Waals surface area contributed by atoms with Crippen LogP contribution in [-0.2, 0) is 0 Å². The number of aliphatic hydroxyl groups is 1. The fourth-order valence-corrected chi connectivity index (χ4v) is 0. The Balaban J connectivity index is -0.00000000667. The minimum absolute atomic E-state index is 0. The first-order valence-electron chi connectivity index (χ1n) is 1.02. The fraction of sp³-hybridized carbons (Fsp3) is 1.00. The summed E-state index contributed by atoms with van der Waals surface area (Å²) < 4.78 is 0. The normalized spacial score (nSPS) is 3.00. The second-order valence-electron chi connectivity index (χ2n) is 0.316. The van der Waals surface area contributed by atoms with Gasteiger partial charge < -0.3 is 16.1 Å². The third-order valence-electron chi connectivity index (χ3n) is 0. The van der Waals surface area contributed by atoms with Crippen molar-refractivity contribution in [3.8, 4) is 0 Å². The maximum Gasteiger partial charge on any atom is 2.00 e. The third-order valence-corrected chi connectivity index (χ3v) is 0. The number of aliphatic hydroxyl groups excluding tert-OH is 1. The van der Waals surface area contributed by atoms with E-state index >= 15 is 0 Å². The van der Waals surface area contributed by atoms with Crippen LogP contribution in [-0.4, -0.2) is 71.5 Å². The van der Waals surface area contributed by atoms with E-state index in [1.807, 2.05) is 0 Å².